The van der Waals surface area contributed by atoms with Gasteiger partial charge in [0.1, 0.15) is 18.1 Å². The van der Waals surface area contributed by atoms with Crippen LogP contribution in [0.3, 0.4) is 0 Å². The minimum absolute atomic E-state index is 0.346. The number of nitrogens with zero attached hydrogens (tertiary/aromatic N) is 1. The number of methoxy groups -OCH3 is 1. The Bertz CT molecular complexity index is 924. The number of guanidine groups is 1. The first-order valence-electron chi connectivity index (χ1n) is 8.64. The van der Waals surface area contributed by atoms with Crippen molar-refractivity contribution in [3.63, 3.8) is 0 Å². The molecule has 3 rings (SSSR count). The molecule has 0 unspecified atom stereocenters. The van der Waals surface area contributed by atoms with Gasteiger partial charge in [0.05, 0.1) is 7.11 Å². The number of aliphatic imine (C=N–C) groups is 1. The number of ether oxygens (including phenoxy) is 2. The molecule has 27 heavy (non-hydrogen) atoms. The number of para-hydroxylation sites is 1. The van der Waals surface area contributed by atoms with Crippen LogP contribution >= 0.6 is 0 Å². The van der Waals surface area contributed by atoms with E-state index in [1.807, 2.05) is 72.8 Å². The van der Waals surface area contributed by atoms with Crippen molar-refractivity contribution in [1.82, 2.24) is 0 Å². The van der Waals surface area contributed by atoms with Gasteiger partial charge in [0.15, 0.2) is 5.96 Å². The van der Waals surface area contributed by atoms with Gasteiger partial charge in [-0.2, -0.15) is 0 Å². The monoisotopic (exact) mass is 361 g/mol. The highest BCUT2D eigenvalue weighted by Crippen LogP contribution is 2.38. The number of hydrogen-bond donors (Lipinski definition) is 2. The van der Waals surface area contributed by atoms with Gasteiger partial charge in [-0.05, 0) is 29.8 Å². The van der Waals surface area contributed by atoms with Gasteiger partial charge < -0.3 is 20.5 Å². The Morgan fingerprint density at radius 3 is 2.41 bits per heavy atom. The van der Waals surface area contributed by atoms with Gasteiger partial charge >= 0.3 is 0 Å². The average molecular weight is 361 g/mol. The van der Waals surface area contributed by atoms with Gasteiger partial charge in [0, 0.05) is 23.9 Å². The standard InChI is InChI=1S/C22H23N3O2/c1-24-22(23)25-17-12-13-21(27-15-16-8-4-3-5-9-16)19(14-17)18-10-6-7-11-20(18)26-2/h3-14H,15H2,1-2H3,(H3,23,24,25). The first-order chi connectivity index (χ1) is 13.2. The van der Waals surface area contributed by atoms with Crippen LogP contribution < -0.4 is 20.5 Å². The summed E-state index contributed by atoms with van der Waals surface area (Å²) in [5.41, 5.74) is 9.59. The van der Waals surface area contributed by atoms with Crippen LogP contribution in [-0.2, 0) is 6.61 Å². The first kappa shape index (κ1) is 18.3. The fourth-order valence-corrected chi connectivity index (χ4v) is 2.75. The maximum Gasteiger partial charge on any atom is 0.192 e. The molecule has 138 valence electrons. The van der Waals surface area contributed by atoms with E-state index in [1.165, 1.54) is 0 Å². The number of nitrogens with two attached hydrogens (primary N) is 1. The summed E-state index contributed by atoms with van der Waals surface area (Å²) < 4.78 is 11.7. The van der Waals surface area contributed by atoms with Crippen molar-refractivity contribution in [3.8, 4) is 22.6 Å². The molecule has 0 saturated carbocycles. The van der Waals surface area contributed by atoms with Crippen LogP contribution in [0.5, 0.6) is 11.5 Å². The van der Waals surface area contributed by atoms with Gasteiger partial charge in [-0.3, -0.25) is 4.99 Å². The molecule has 3 aromatic rings. The van der Waals surface area contributed by atoms with Crippen molar-refractivity contribution < 1.29 is 9.47 Å². The molecule has 0 amide bonds. The Morgan fingerprint density at radius 2 is 1.67 bits per heavy atom. The van der Waals surface area contributed by atoms with Crippen LogP contribution in [-0.4, -0.2) is 20.1 Å². The summed E-state index contributed by atoms with van der Waals surface area (Å²) in [7, 11) is 3.30. The second-order valence-electron chi connectivity index (χ2n) is 5.92. The highest BCUT2D eigenvalue weighted by atomic mass is 16.5. The lowest BCUT2D eigenvalue weighted by Crippen LogP contribution is -2.21. The topological polar surface area (TPSA) is 68.9 Å². The zero-order chi connectivity index (χ0) is 19.1. The largest absolute Gasteiger partial charge is 0.496 e. The van der Waals surface area contributed by atoms with E-state index in [-0.39, 0.29) is 0 Å². The number of rotatable bonds is 6. The molecule has 3 aromatic carbocycles. The molecule has 0 atom stereocenters. The van der Waals surface area contributed by atoms with Crippen molar-refractivity contribution in [2.75, 3.05) is 19.5 Å². The quantitative estimate of drug-likeness (QED) is 0.507. The van der Waals surface area contributed by atoms with E-state index in [1.54, 1.807) is 14.2 Å². The Kier molecular flexibility index (Phi) is 5.94. The van der Waals surface area contributed by atoms with E-state index < -0.39 is 0 Å². The predicted octanol–water partition coefficient (Wildman–Crippen LogP) is 4.30. The van der Waals surface area contributed by atoms with E-state index in [0.717, 1.165) is 33.9 Å². The summed E-state index contributed by atoms with van der Waals surface area (Å²) >= 11 is 0. The second kappa shape index (κ2) is 8.76. The molecule has 0 aliphatic heterocycles. The fraction of sp³-hybridized carbons (Fsp3) is 0.136. The fourth-order valence-electron chi connectivity index (χ4n) is 2.75. The number of anilines is 1. The SMILES string of the molecule is CN=C(N)Nc1ccc(OCc2ccccc2)c(-c2ccccc2OC)c1. The molecule has 0 saturated heterocycles. The maximum absolute atomic E-state index is 6.12. The van der Waals surface area contributed by atoms with E-state index in [9.17, 15) is 0 Å². The molecule has 0 aliphatic rings. The van der Waals surface area contributed by atoms with Gasteiger partial charge in [-0.15, -0.1) is 0 Å². The molecule has 5 heteroatoms. The van der Waals surface area contributed by atoms with Crippen molar-refractivity contribution >= 4 is 11.6 Å². The first-order valence-corrected chi connectivity index (χ1v) is 8.64. The van der Waals surface area contributed by atoms with E-state index in [2.05, 4.69) is 10.3 Å². The second-order valence-corrected chi connectivity index (χ2v) is 5.92. The van der Waals surface area contributed by atoms with E-state index >= 15 is 0 Å². The van der Waals surface area contributed by atoms with Crippen molar-refractivity contribution in [2.24, 2.45) is 10.7 Å². The van der Waals surface area contributed by atoms with Crippen LogP contribution in [0.4, 0.5) is 5.69 Å². The minimum atomic E-state index is 0.346. The zero-order valence-electron chi connectivity index (χ0n) is 15.5. The van der Waals surface area contributed by atoms with Crippen LogP contribution in [0.15, 0.2) is 77.8 Å². The summed E-state index contributed by atoms with van der Waals surface area (Å²) in [4.78, 5) is 3.95. The normalized spacial score (nSPS) is 11.1. The molecule has 0 spiro atoms. The Hall–Kier alpha value is -3.47. The van der Waals surface area contributed by atoms with Crippen molar-refractivity contribution in [2.45, 2.75) is 6.61 Å². The lowest BCUT2D eigenvalue weighted by molar-refractivity contribution is 0.307. The molecule has 0 fully saturated rings. The van der Waals surface area contributed by atoms with Crippen molar-refractivity contribution in [3.05, 3.63) is 78.4 Å². The van der Waals surface area contributed by atoms with Gasteiger partial charge in [-0.25, -0.2) is 0 Å². The molecule has 0 bridgehead atoms. The molecule has 0 heterocycles. The maximum atomic E-state index is 6.12. The molecule has 5 nitrogen and oxygen atoms in total. The molecule has 3 N–H and O–H groups in total. The third-order valence-corrected chi connectivity index (χ3v) is 4.13. The van der Waals surface area contributed by atoms with E-state index in [0.29, 0.717) is 12.6 Å². The highest BCUT2D eigenvalue weighted by molar-refractivity contribution is 5.93. The predicted molar refractivity (Wildman–Crippen MR) is 110 cm³/mol. The molecule has 0 aromatic heterocycles. The average Bonchev–Trinajstić information content (AvgIpc) is 2.73. The van der Waals surface area contributed by atoms with Crippen LogP contribution in [0.1, 0.15) is 5.56 Å². The van der Waals surface area contributed by atoms with Crippen LogP contribution in [0.2, 0.25) is 0 Å². The van der Waals surface area contributed by atoms with Gasteiger partial charge in [0.2, 0.25) is 0 Å². The Morgan fingerprint density at radius 1 is 0.926 bits per heavy atom. The third-order valence-electron chi connectivity index (χ3n) is 4.13. The third kappa shape index (κ3) is 4.58. The molecular weight excluding hydrogens is 338 g/mol. The molecule has 0 aliphatic carbocycles. The summed E-state index contributed by atoms with van der Waals surface area (Å²) in [6.07, 6.45) is 0. The lowest BCUT2D eigenvalue weighted by atomic mass is 10.0. The molecular formula is C22H23N3O2. The smallest absolute Gasteiger partial charge is 0.192 e. The van der Waals surface area contributed by atoms with Gasteiger partial charge in [-0.1, -0.05) is 48.5 Å². The zero-order valence-corrected chi connectivity index (χ0v) is 15.5. The summed E-state index contributed by atoms with van der Waals surface area (Å²) in [5, 5.41) is 3.07. The molecule has 0 radical (unpaired) electrons. The Balaban J connectivity index is 1.98. The highest BCUT2D eigenvalue weighted by Gasteiger charge is 2.13. The Labute approximate surface area is 159 Å². The van der Waals surface area contributed by atoms with Crippen molar-refractivity contribution in [1.29, 1.82) is 0 Å². The summed E-state index contributed by atoms with van der Waals surface area (Å²) in [5.74, 6) is 1.89. The number of nitrogens with one attached hydrogen (secondary N) is 1. The summed E-state index contributed by atoms with van der Waals surface area (Å²) in [6, 6.07) is 23.7. The minimum Gasteiger partial charge on any atom is -0.496 e. The van der Waals surface area contributed by atoms with Crippen LogP contribution in [0.25, 0.3) is 11.1 Å². The summed E-state index contributed by atoms with van der Waals surface area (Å²) in [6.45, 7) is 0.480. The van der Waals surface area contributed by atoms with Crippen LogP contribution in [0, 0.1) is 0 Å². The number of benzene rings is 3. The number of hydrogen-bond acceptors (Lipinski definition) is 3. The van der Waals surface area contributed by atoms with Gasteiger partial charge in [0.25, 0.3) is 0 Å². The lowest BCUT2D eigenvalue weighted by Gasteiger charge is -2.16. The van der Waals surface area contributed by atoms with E-state index in [4.69, 9.17) is 15.2 Å².